The molecule has 0 aliphatic carbocycles. The summed E-state index contributed by atoms with van der Waals surface area (Å²) in [5.74, 6) is 0.997. The van der Waals surface area contributed by atoms with Crippen molar-refractivity contribution in [3.8, 4) is 0 Å². The average molecular weight is 350 g/mol. The summed E-state index contributed by atoms with van der Waals surface area (Å²) >= 11 is 0. The number of nitrogens with one attached hydrogen (secondary N) is 2. The molecule has 2 aromatic rings. The van der Waals surface area contributed by atoms with Crippen LogP contribution in [0.5, 0.6) is 0 Å². The minimum atomic E-state index is -3.57. The molecule has 7 heteroatoms. The van der Waals surface area contributed by atoms with Gasteiger partial charge < -0.3 is 9.73 Å². The first-order valence-corrected chi connectivity index (χ1v) is 9.12. The van der Waals surface area contributed by atoms with E-state index in [-0.39, 0.29) is 23.9 Å². The van der Waals surface area contributed by atoms with Crippen molar-refractivity contribution in [2.45, 2.75) is 32.6 Å². The minimum absolute atomic E-state index is 0.108. The Morgan fingerprint density at radius 1 is 1.00 bits per heavy atom. The number of carbonyl (C=O) groups excluding carboxylic acids is 1. The topological polar surface area (TPSA) is 88.4 Å². The Labute approximate surface area is 142 Å². The molecule has 0 saturated carbocycles. The van der Waals surface area contributed by atoms with Crippen LogP contribution in [0.2, 0.25) is 0 Å². The van der Waals surface area contributed by atoms with Crippen LogP contribution in [0, 0.1) is 27.7 Å². The summed E-state index contributed by atoms with van der Waals surface area (Å²) < 4.78 is 32.2. The molecule has 1 amide bonds. The van der Waals surface area contributed by atoms with E-state index in [0.717, 1.165) is 11.1 Å². The predicted octanol–water partition coefficient (Wildman–Crippen LogP) is 2.22. The fourth-order valence-electron chi connectivity index (χ4n) is 2.38. The SMILES string of the molecule is Cc1ccc(S(=O)(=O)NCCNC(=O)c2c(C)oc(C)c2C)cc1. The lowest BCUT2D eigenvalue weighted by Gasteiger charge is -2.08. The molecular weight excluding hydrogens is 328 g/mol. The molecule has 2 N–H and O–H groups in total. The molecular formula is C17H22N2O4S. The molecule has 0 atom stereocenters. The summed E-state index contributed by atoms with van der Waals surface area (Å²) in [6.07, 6.45) is 0. The number of hydrogen-bond acceptors (Lipinski definition) is 4. The molecule has 0 aliphatic rings. The molecule has 0 aliphatic heterocycles. The molecule has 130 valence electrons. The maximum Gasteiger partial charge on any atom is 0.255 e. The summed E-state index contributed by atoms with van der Waals surface area (Å²) in [4.78, 5) is 12.4. The lowest BCUT2D eigenvalue weighted by molar-refractivity contribution is 0.0952. The number of benzene rings is 1. The number of carbonyl (C=O) groups is 1. The molecule has 1 aromatic heterocycles. The number of hydrogen-bond donors (Lipinski definition) is 2. The van der Waals surface area contributed by atoms with Gasteiger partial charge in [-0.15, -0.1) is 0 Å². The Morgan fingerprint density at radius 2 is 1.62 bits per heavy atom. The van der Waals surface area contributed by atoms with E-state index in [1.54, 1.807) is 38.1 Å². The summed E-state index contributed by atoms with van der Waals surface area (Å²) in [7, 11) is -3.57. The van der Waals surface area contributed by atoms with Gasteiger partial charge in [-0.1, -0.05) is 17.7 Å². The summed E-state index contributed by atoms with van der Waals surface area (Å²) in [5.41, 5.74) is 2.29. The highest BCUT2D eigenvalue weighted by Crippen LogP contribution is 2.20. The number of rotatable bonds is 6. The maximum atomic E-state index is 12.2. The van der Waals surface area contributed by atoms with Gasteiger partial charge in [0.1, 0.15) is 11.5 Å². The first-order valence-electron chi connectivity index (χ1n) is 7.63. The third-order valence-corrected chi connectivity index (χ3v) is 5.30. The molecule has 0 spiro atoms. The zero-order chi connectivity index (χ0) is 17.9. The third kappa shape index (κ3) is 4.04. The minimum Gasteiger partial charge on any atom is -0.466 e. The Morgan fingerprint density at radius 3 is 2.17 bits per heavy atom. The van der Waals surface area contributed by atoms with Crippen LogP contribution in [0.15, 0.2) is 33.6 Å². The summed E-state index contributed by atoms with van der Waals surface area (Å²) in [6.45, 7) is 7.54. The van der Waals surface area contributed by atoms with Crippen molar-refractivity contribution in [2.24, 2.45) is 0 Å². The second-order valence-electron chi connectivity index (χ2n) is 5.68. The van der Waals surface area contributed by atoms with Crippen LogP contribution in [0.3, 0.4) is 0 Å². The molecule has 0 saturated heterocycles. The average Bonchev–Trinajstić information content (AvgIpc) is 2.77. The maximum absolute atomic E-state index is 12.2. The standard InChI is InChI=1S/C17H22N2O4S/c1-11-5-7-15(8-6-11)24(21,22)19-10-9-18-17(20)16-12(2)13(3)23-14(16)4/h5-8,19H,9-10H2,1-4H3,(H,18,20). The van der Waals surface area contributed by atoms with E-state index in [9.17, 15) is 13.2 Å². The van der Waals surface area contributed by atoms with Gasteiger partial charge in [-0.05, 0) is 39.8 Å². The molecule has 24 heavy (non-hydrogen) atoms. The number of sulfonamides is 1. The van der Waals surface area contributed by atoms with Gasteiger partial charge in [0, 0.05) is 18.7 Å². The predicted molar refractivity (Wildman–Crippen MR) is 91.6 cm³/mol. The van der Waals surface area contributed by atoms with Gasteiger partial charge in [0.25, 0.3) is 5.91 Å². The van der Waals surface area contributed by atoms with Crippen molar-refractivity contribution in [3.63, 3.8) is 0 Å². The van der Waals surface area contributed by atoms with E-state index in [4.69, 9.17) is 4.42 Å². The Bertz CT molecular complexity index is 836. The zero-order valence-electron chi connectivity index (χ0n) is 14.3. The van der Waals surface area contributed by atoms with Crippen molar-refractivity contribution < 1.29 is 17.6 Å². The van der Waals surface area contributed by atoms with Crippen molar-refractivity contribution in [3.05, 3.63) is 52.5 Å². The lowest BCUT2D eigenvalue weighted by atomic mass is 10.1. The molecule has 0 radical (unpaired) electrons. The zero-order valence-corrected chi connectivity index (χ0v) is 15.1. The van der Waals surface area contributed by atoms with Crippen LogP contribution in [-0.4, -0.2) is 27.4 Å². The van der Waals surface area contributed by atoms with E-state index in [2.05, 4.69) is 10.0 Å². The fraction of sp³-hybridized carbons (Fsp3) is 0.353. The van der Waals surface area contributed by atoms with Crippen molar-refractivity contribution in [2.75, 3.05) is 13.1 Å². The van der Waals surface area contributed by atoms with Gasteiger partial charge in [0.15, 0.2) is 0 Å². The van der Waals surface area contributed by atoms with E-state index in [1.165, 1.54) is 0 Å². The highest BCUT2D eigenvalue weighted by molar-refractivity contribution is 7.89. The number of aryl methyl sites for hydroxylation is 3. The van der Waals surface area contributed by atoms with Crippen LogP contribution in [0.4, 0.5) is 0 Å². The van der Waals surface area contributed by atoms with Gasteiger partial charge in [0.2, 0.25) is 10.0 Å². The van der Waals surface area contributed by atoms with Gasteiger partial charge in [-0.2, -0.15) is 0 Å². The molecule has 0 unspecified atom stereocenters. The van der Waals surface area contributed by atoms with Crippen LogP contribution < -0.4 is 10.0 Å². The summed E-state index contributed by atoms with van der Waals surface area (Å²) in [6, 6.07) is 6.58. The number of furan rings is 1. The highest BCUT2D eigenvalue weighted by atomic mass is 32.2. The van der Waals surface area contributed by atoms with E-state index in [1.807, 2.05) is 13.8 Å². The molecule has 2 rings (SSSR count). The molecule has 6 nitrogen and oxygen atoms in total. The third-order valence-electron chi connectivity index (χ3n) is 3.82. The van der Waals surface area contributed by atoms with Crippen molar-refractivity contribution in [1.29, 1.82) is 0 Å². The largest absolute Gasteiger partial charge is 0.466 e. The quantitative estimate of drug-likeness (QED) is 0.782. The van der Waals surface area contributed by atoms with Crippen molar-refractivity contribution >= 4 is 15.9 Å². The first kappa shape index (κ1) is 18.2. The van der Waals surface area contributed by atoms with Gasteiger partial charge in [0.05, 0.1) is 10.5 Å². The van der Waals surface area contributed by atoms with Crippen LogP contribution >= 0.6 is 0 Å². The monoisotopic (exact) mass is 350 g/mol. The smallest absolute Gasteiger partial charge is 0.255 e. The normalized spacial score (nSPS) is 11.5. The summed E-state index contributed by atoms with van der Waals surface area (Å²) in [5, 5.41) is 2.70. The van der Waals surface area contributed by atoms with Crippen molar-refractivity contribution in [1.82, 2.24) is 10.0 Å². The molecule has 0 bridgehead atoms. The number of amides is 1. The van der Waals surface area contributed by atoms with E-state index in [0.29, 0.717) is 17.1 Å². The fourth-order valence-corrected chi connectivity index (χ4v) is 3.41. The lowest BCUT2D eigenvalue weighted by Crippen LogP contribution is -2.35. The van der Waals surface area contributed by atoms with E-state index >= 15 is 0 Å². The molecule has 1 heterocycles. The second-order valence-corrected chi connectivity index (χ2v) is 7.45. The highest BCUT2D eigenvalue weighted by Gasteiger charge is 2.18. The van der Waals surface area contributed by atoms with Crippen LogP contribution in [0.1, 0.15) is 33.0 Å². The van der Waals surface area contributed by atoms with Crippen LogP contribution in [0.25, 0.3) is 0 Å². The Kier molecular flexibility index (Phi) is 5.46. The molecule has 1 aromatic carbocycles. The molecule has 0 fully saturated rings. The van der Waals surface area contributed by atoms with Crippen LogP contribution in [-0.2, 0) is 10.0 Å². The van der Waals surface area contributed by atoms with Gasteiger partial charge in [-0.25, -0.2) is 13.1 Å². The van der Waals surface area contributed by atoms with Gasteiger partial charge >= 0.3 is 0 Å². The van der Waals surface area contributed by atoms with E-state index < -0.39 is 10.0 Å². The Balaban J connectivity index is 1.90. The van der Waals surface area contributed by atoms with Gasteiger partial charge in [-0.3, -0.25) is 4.79 Å². The Hall–Kier alpha value is -2.12. The first-order chi connectivity index (χ1) is 11.2. The second kappa shape index (κ2) is 7.19.